The predicted octanol–water partition coefficient (Wildman–Crippen LogP) is 5.40. The molecule has 4 aromatic rings. The third-order valence-electron chi connectivity index (χ3n) is 6.44. The van der Waals surface area contributed by atoms with E-state index in [4.69, 9.17) is 4.84 Å². The first-order valence-corrected chi connectivity index (χ1v) is 13.0. The van der Waals surface area contributed by atoms with Crippen molar-refractivity contribution in [3.8, 4) is 0 Å². The Bertz CT molecular complexity index is 1460. The molecule has 5 rings (SSSR count). The summed E-state index contributed by atoms with van der Waals surface area (Å²) < 4.78 is 57.1. The standard InChI is InChI=1S/C27H25F2N3O3S/c1-31-16-15-24-25(31)3-2-4-26(24)36(33,34)32-17-13-23(14-18-32)30-35-27(19-5-9-21(28)10-6-19)20-7-11-22(29)12-8-20/h2-12,15-16,27H,13-14,17-18H2,1H3. The van der Waals surface area contributed by atoms with Gasteiger partial charge in [0.05, 0.1) is 10.6 Å². The highest BCUT2D eigenvalue weighted by molar-refractivity contribution is 7.89. The summed E-state index contributed by atoms with van der Waals surface area (Å²) in [6, 6.07) is 18.8. The topological polar surface area (TPSA) is 63.9 Å². The largest absolute Gasteiger partial charge is 0.383 e. The van der Waals surface area contributed by atoms with Gasteiger partial charge < -0.3 is 9.40 Å². The van der Waals surface area contributed by atoms with Crippen LogP contribution in [0.2, 0.25) is 0 Å². The SMILES string of the molecule is Cn1ccc2c(S(=O)(=O)N3CCC(=NOC(c4ccc(F)cc4)c4ccc(F)cc4)CC3)cccc21. The lowest BCUT2D eigenvalue weighted by molar-refractivity contribution is 0.0855. The summed E-state index contributed by atoms with van der Waals surface area (Å²) in [6.45, 7) is 0.566. The number of sulfonamides is 1. The smallest absolute Gasteiger partial charge is 0.243 e. The summed E-state index contributed by atoms with van der Waals surface area (Å²) in [5.74, 6) is -0.745. The van der Waals surface area contributed by atoms with E-state index in [1.54, 1.807) is 36.4 Å². The zero-order valence-corrected chi connectivity index (χ0v) is 20.5. The highest BCUT2D eigenvalue weighted by Gasteiger charge is 2.30. The molecule has 0 radical (unpaired) electrons. The van der Waals surface area contributed by atoms with Crippen LogP contribution >= 0.6 is 0 Å². The molecule has 0 saturated carbocycles. The third kappa shape index (κ3) is 4.76. The molecule has 0 N–H and O–H groups in total. The van der Waals surface area contributed by atoms with Crippen molar-refractivity contribution in [1.29, 1.82) is 0 Å². The predicted molar refractivity (Wildman–Crippen MR) is 134 cm³/mol. The van der Waals surface area contributed by atoms with Crippen LogP contribution in [0.5, 0.6) is 0 Å². The van der Waals surface area contributed by atoms with Crippen molar-refractivity contribution in [3.63, 3.8) is 0 Å². The third-order valence-corrected chi connectivity index (χ3v) is 8.39. The molecule has 0 bridgehead atoms. The summed E-state index contributed by atoms with van der Waals surface area (Å²) in [5, 5.41) is 5.03. The molecular weight excluding hydrogens is 484 g/mol. The number of fused-ring (bicyclic) bond motifs is 1. The first-order valence-electron chi connectivity index (χ1n) is 11.6. The van der Waals surface area contributed by atoms with Crippen LogP contribution in [0, 0.1) is 11.6 Å². The van der Waals surface area contributed by atoms with Crippen LogP contribution in [0.15, 0.2) is 89.0 Å². The highest BCUT2D eigenvalue weighted by Crippen LogP contribution is 2.29. The first kappa shape index (κ1) is 24.1. The summed E-state index contributed by atoms with van der Waals surface area (Å²) >= 11 is 0. The fourth-order valence-corrected chi connectivity index (χ4v) is 6.07. The second-order valence-electron chi connectivity index (χ2n) is 8.77. The van der Waals surface area contributed by atoms with Crippen molar-refractivity contribution in [2.24, 2.45) is 12.2 Å². The van der Waals surface area contributed by atoms with E-state index in [0.29, 0.717) is 34.3 Å². The Morgan fingerprint density at radius 2 is 1.44 bits per heavy atom. The van der Waals surface area contributed by atoms with E-state index < -0.39 is 16.1 Å². The maximum Gasteiger partial charge on any atom is 0.243 e. The number of oxime groups is 1. The monoisotopic (exact) mass is 509 g/mol. The average molecular weight is 510 g/mol. The summed E-state index contributed by atoms with van der Waals surface area (Å²) in [6.07, 6.45) is 2.03. The van der Waals surface area contributed by atoms with Crippen LogP contribution in [0.4, 0.5) is 8.78 Å². The zero-order chi connectivity index (χ0) is 25.3. The van der Waals surface area contributed by atoms with E-state index >= 15 is 0 Å². The van der Waals surface area contributed by atoms with Gasteiger partial charge in [-0.05, 0) is 53.6 Å². The molecular formula is C27H25F2N3O3S. The molecule has 0 spiro atoms. The van der Waals surface area contributed by atoms with E-state index in [-0.39, 0.29) is 24.7 Å². The van der Waals surface area contributed by atoms with E-state index in [1.807, 2.05) is 29.9 Å². The maximum atomic E-state index is 13.5. The lowest BCUT2D eigenvalue weighted by Gasteiger charge is -2.27. The number of piperidine rings is 1. The van der Waals surface area contributed by atoms with Gasteiger partial charge >= 0.3 is 0 Å². The molecule has 0 aliphatic carbocycles. The number of hydrogen-bond acceptors (Lipinski definition) is 4. The average Bonchev–Trinajstić information content (AvgIpc) is 3.27. The van der Waals surface area contributed by atoms with Crippen molar-refractivity contribution in [1.82, 2.24) is 8.87 Å². The van der Waals surface area contributed by atoms with Crippen LogP contribution in [0.3, 0.4) is 0 Å². The second-order valence-corrected chi connectivity index (χ2v) is 10.7. The van der Waals surface area contributed by atoms with Gasteiger partial charge in [0.2, 0.25) is 10.0 Å². The van der Waals surface area contributed by atoms with Gasteiger partial charge in [-0.3, -0.25) is 0 Å². The van der Waals surface area contributed by atoms with Crippen molar-refractivity contribution in [3.05, 3.63) is 102 Å². The minimum absolute atomic E-state index is 0.283. The molecule has 1 aliphatic rings. The van der Waals surface area contributed by atoms with Gasteiger partial charge in [0.25, 0.3) is 0 Å². The van der Waals surface area contributed by atoms with Gasteiger partial charge in [0.1, 0.15) is 11.6 Å². The van der Waals surface area contributed by atoms with E-state index in [0.717, 1.165) is 11.2 Å². The van der Waals surface area contributed by atoms with E-state index in [9.17, 15) is 17.2 Å². The van der Waals surface area contributed by atoms with Crippen LogP contribution in [-0.4, -0.2) is 36.1 Å². The highest BCUT2D eigenvalue weighted by atomic mass is 32.2. The molecule has 0 unspecified atom stereocenters. The van der Waals surface area contributed by atoms with Gasteiger partial charge in [-0.1, -0.05) is 35.5 Å². The Kier molecular flexibility index (Phi) is 6.59. The lowest BCUT2D eigenvalue weighted by Crippen LogP contribution is -2.38. The number of nitrogens with zero attached hydrogens (tertiary/aromatic N) is 3. The van der Waals surface area contributed by atoms with Gasteiger partial charge in [0, 0.05) is 50.1 Å². The molecule has 1 fully saturated rings. The minimum atomic E-state index is -3.67. The van der Waals surface area contributed by atoms with E-state index in [2.05, 4.69) is 5.16 Å². The molecule has 2 heterocycles. The molecule has 0 amide bonds. The Morgan fingerprint density at radius 1 is 0.861 bits per heavy atom. The van der Waals surface area contributed by atoms with E-state index in [1.165, 1.54) is 28.6 Å². The second kappa shape index (κ2) is 9.83. The zero-order valence-electron chi connectivity index (χ0n) is 19.6. The van der Waals surface area contributed by atoms with Gasteiger partial charge in [-0.15, -0.1) is 0 Å². The Balaban J connectivity index is 1.33. The van der Waals surface area contributed by atoms with Gasteiger partial charge in [-0.2, -0.15) is 4.31 Å². The molecule has 186 valence electrons. The normalized spacial score (nSPS) is 14.9. The Morgan fingerprint density at radius 3 is 2.03 bits per heavy atom. The molecule has 3 aromatic carbocycles. The first-order chi connectivity index (χ1) is 17.3. The molecule has 6 nitrogen and oxygen atoms in total. The van der Waals surface area contributed by atoms with Crippen molar-refractivity contribution >= 4 is 26.6 Å². The molecule has 1 saturated heterocycles. The quantitative estimate of drug-likeness (QED) is 0.327. The molecule has 9 heteroatoms. The fourth-order valence-electron chi connectivity index (χ4n) is 4.43. The summed E-state index contributed by atoms with van der Waals surface area (Å²) in [5.41, 5.74) is 2.93. The van der Waals surface area contributed by atoms with Crippen LogP contribution in [-0.2, 0) is 21.9 Å². The summed E-state index contributed by atoms with van der Waals surface area (Å²) in [7, 11) is -1.79. The number of aryl methyl sites for hydroxylation is 1. The van der Waals surface area contributed by atoms with Crippen LogP contribution in [0.25, 0.3) is 10.9 Å². The van der Waals surface area contributed by atoms with Crippen LogP contribution in [0.1, 0.15) is 30.1 Å². The van der Waals surface area contributed by atoms with Crippen molar-refractivity contribution < 1.29 is 22.0 Å². The molecule has 0 atom stereocenters. The number of aromatic nitrogens is 1. The Labute approximate surface area is 208 Å². The number of rotatable bonds is 6. The van der Waals surface area contributed by atoms with Crippen molar-refractivity contribution in [2.75, 3.05) is 13.1 Å². The number of hydrogen-bond donors (Lipinski definition) is 0. The van der Waals surface area contributed by atoms with Crippen LogP contribution < -0.4 is 0 Å². The molecule has 36 heavy (non-hydrogen) atoms. The number of halogens is 2. The van der Waals surface area contributed by atoms with Crippen molar-refractivity contribution in [2.45, 2.75) is 23.8 Å². The molecule has 1 aromatic heterocycles. The minimum Gasteiger partial charge on any atom is -0.383 e. The van der Waals surface area contributed by atoms with Gasteiger partial charge in [0.15, 0.2) is 6.10 Å². The Hall–Kier alpha value is -3.56. The summed E-state index contributed by atoms with van der Waals surface area (Å²) in [4.78, 5) is 6.17. The number of benzene rings is 3. The maximum absolute atomic E-state index is 13.5. The van der Waals surface area contributed by atoms with Gasteiger partial charge in [-0.25, -0.2) is 17.2 Å². The molecule has 1 aliphatic heterocycles. The fraction of sp³-hybridized carbons (Fsp3) is 0.222. The lowest BCUT2D eigenvalue weighted by atomic mass is 10.0.